The molecule has 12 aromatic carbocycles. The third-order valence-electron chi connectivity index (χ3n) is 13.5. The van der Waals surface area contributed by atoms with Crippen LogP contribution in [0.25, 0.3) is 121 Å². The fourth-order valence-corrected chi connectivity index (χ4v) is 12.2. The molecule has 0 saturated carbocycles. The van der Waals surface area contributed by atoms with Gasteiger partial charge in [-0.15, -0.1) is 0 Å². The maximum absolute atomic E-state index is 12.8. The predicted molar refractivity (Wildman–Crippen MR) is 300 cm³/mol. The van der Waals surface area contributed by atoms with Gasteiger partial charge >= 0.3 is 8.16 Å². The zero-order valence-corrected chi connectivity index (χ0v) is 40.1. The molecule has 0 amide bonds. The number of aromatic hydroxyl groups is 1. The van der Waals surface area contributed by atoms with Crippen LogP contribution >= 0.6 is 17.1 Å². The molecule has 7 heteroatoms. The van der Waals surface area contributed by atoms with Crippen LogP contribution in [-0.4, -0.2) is 5.11 Å². The first-order chi connectivity index (χ1) is 35.2. The molecule has 13 rings (SSSR count). The Balaban J connectivity index is 1.08. The van der Waals surface area contributed by atoms with Crippen LogP contribution in [0.4, 0.5) is 0 Å². The van der Waals surface area contributed by atoms with Gasteiger partial charge < -0.3 is 18.0 Å². The molecular formula is C64H43NO4P2. The van der Waals surface area contributed by atoms with E-state index in [1.54, 1.807) is 0 Å². The van der Waals surface area contributed by atoms with Crippen LogP contribution in [0.3, 0.4) is 0 Å². The van der Waals surface area contributed by atoms with E-state index in [1.807, 2.05) is 78.9 Å². The van der Waals surface area contributed by atoms with Crippen LogP contribution in [0.5, 0.6) is 11.5 Å². The van der Waals surface area contributed by atoms with Crippen molar-refractivity contribution >= 4 is 82.2 Å². The van der Waals surface area contributed by atoms with E-state index in [0.717, 1.165) is 115 Å². The van der Waals surface area contributed by atoms with Gasteiger partial charge in [0.25, 0.3) is 0 Å². The van der Waals surface area contributed by atoms with E-state index in [-0.39, 0.29) is 14.7 Å². The first kappa shape index (κ1) is 42.7. The van der Waals surface area contributed by atoms with Crippen molar-refractivity contribution in [2.24, 2.45) is 0 Å². The molecular weight excluding hydrogens is 909 g/mol. The molecule has 2 N–H and O–H groups in total. The van der Waals surface area contributed by atoms with Crippen LogP contribution < -0.4 is 9.38 Å². The summed E-state index contributed by atoms with van der Waals surface area (Å²) < 4.78 is 22.0. The normalized spacial score (nSPS) is 11.7. The van der Waals surface area contributed by atoms with E-state index in [1.165, 1.54) is 0 Å². The first-order valence-corrected chi connectivity index (χ1v) is 25.7. The Hall–Kier alpha value is -8.43. The average molecular weight is 952 g/mol. The minimum absolute atomic E-state index is 0.181. The predicted octanol–water partition coefficient (Wildman–Crippen LogP) is 19.1. The largest absolute Gasteiger partial charge is 0.507 e. The number of rotatable bonds is 9. The molecule has 0 spiro atoms. The number of benzene rings is 12. The molecule has 5 nitrogen and oxygen atoms in total. The van der Waals surface area contributed by atoms with Crippen molar-refractivity contribution in [1.82, 2.24) is 0 Å². The lowest BCUT2D eigenvalue weighted by Gasteiger charge is -2.22. The molecule has 0 aliphatic heterocycles. The molecule has 0 bridgehead atoms. The number of fused-ring (bicyclic) bond motifs is 9. The fourth-order valence-electron chi connectivity index (χ4n) is 10.3. The Labute approximate surface area is 412 Å². The quantitative estimate of drug-likeness (QED) is 0.141. The molecule has 0 aliphatic rings. The highest BCUT2D eigenvalue weighted by atomic mass is 31.2. The van der Waals surface area contributed by atoms with Gasteiger partial charge in [-0.1, -0.05) is 218 Å². The zero-order valence-electron chi connectivity index (χ0n) is 38.2. The number of hydrogen-bond acceptors (Lipinski definition) is 5. The summed E-state index contributed by atoms with van der Waals surface area (Å²) in [5, 5.41) is 22.9. The zero-order chi connectivity index (χ0) is 47.3. The number of hydrogen-bond donors (Lipinski definition) is 2. The highest BCUT2D eigenvalue weighted by molar-refractivity contribution is 7.55. The highest BCUT2D eigenvalue weighted by Crippen LogP contribution is 2.54. The van der Waals surface area contributed by atoms with Gasteiger partial charge in [-0.2, -0.15) is 4.86 Å². The molecule has 1 heterocycles. The molecule has 1 aromatic heterocycles. The van der Waals surface area contributed by atoms with Gasteiger partial charge in [-0.05, 0) is 89.6 Å². The summed E-state index contributed by atoms with van der Waals surface area (Å²) in [4.78, 5) is 3.70. The lowest BCUT2D eigenvalue weighted by molar-refractivity contribution is 0.480. The molecule has 0 radical (unpaired) electrons. The van der Waals surface area contributed by atoms with Gasteiger partial charge in [0.15, 0.2) is 20.1 Å². The van der Waals surface area contributed by atoms with Crippen molar-refractivity contribution in [3.8, 4) is 67.1 Å². The Bertz CT molecular complexity index is 4060. The van der Waals surface area contributed by atoms with Gasteiger partial charge in [0.2, 0.25) is 0 Å². The molecule has 1 atom stereocenters. The molecule has 0 saturated heterocycles. The van der Waals surface area contributed by atoms with Crippen molar-refractivity contribution in [3.63, 3.8) is 0 Å². The van der Waals surface area contributed by atoms with Gasteiger partial charge in [0.05, 0.1) is 0 Å². The van der Waals surface area contributed by atoms with Gasteiger partial charge in [0.1, 0.15) is 11.5 Å². The van der Waals surface area contributed by atoms with Gasteiger partial charge in [0, 0.05) is 44.2 Å². The summed E-state index contributed by atoms with van der Waals surface area (Å²) in [6.45, 7) is 0. The first-order valence-electron chi connectivity index (χ1n) is 23.6. The van der Waals surface area contributed by atoms with E-state index in [4.69, 9.17) is 12.9 Å². The second-order valence-corrected chi connectivity index (χ2v) is 19.8. The summed E-state index contributed by atoms with van der Waals surface area (Å²) >= 11 is 0. The van der Waals surface area contributed by atoms with Crippen molar-refractivity contribution in [2.45, 2.75) is 0 Å². The van der Waals surface area contributed by atoms with Crippen LogP contribution in [0.2, 0.25) is 0 Å². The Morgan fingerprint density at radius 1 is 0.366 bits per heavy atom. The van der Waals surface area contributed by atoms with E-state index < -0.39 is 8.16 Å². The Morgan fingerprint density at radius 2 is 0.704 bits per heavy atom. The average Bonchev–Trinajstić information content (AvgIpc) is 3.61. The van der Waals surface area contributed by atoms with Crippen LogP contribution in [0.1, 0.15) is 0 Å². The van der Waals surface area contributed by atoms with Crippen molar-refractivity contribution in [1.29, 1.82) is 0 Å². The monoisotopic (exact) mass is 951 g/mol. The summed E-state index contributed by atoms with van der Waals surface area (Å²) in [5.74, 6) is 0.810. The topological polar surface area (TPSA) is 67.8 Å². The van der Waals surface area contributed by atoms with Crippen LogP contribution in [0.15, 0.2) is 251 Å². The fraction of sp³-hybridized carbons (Fsp3) is 0. The number of phenols is 1. The number of nitrogens with one attached hydrogen (secondary N) is 1. The third-order valence-corrected chi connectivity index (χ3v) is 15.6. The summed E-state index contributed by atoms with van der Waals surface area (Å²) in [5.41, 5.74) is 10.5. The van der Waals surface area contributed by atoms with E-state index in [2.05, 4.69) is 169 Å². The maximum atomic E-state index is 12.8. The summed E-state index contributed by atoms with van der Waals surface area (Å²) in [6, 6.07) is 83.8. The van der Waals surface area contributed by atoms with E-state index in [0.29, 0.717) is 11.3 Å². The second-order valence-electron chi connectivity index (χ2n) is 17.6. The molecule has 0 aliphatic carbocycles. The van der Waals surface area contributed by atoms with Crippen molar-refractivity contribution in [3.05, 3.63) is 243 Å². The lowest BCUT2D eigenvalue weighted by atomic mass is 9.86. The Morgan fingerprint density at radius 3 is 1.17 bits per heavy atom. The molecule has 71 heavy (non-hydrogen) atoms. The highest BCUT2D eigenvalue weighted by Gasteiger charge is 2.26. The SMILES string of the molecule is Oc1c(-c2ccccc2)cc2ccccc2c1-c1c(OPNp2oc3c(-c4ccccc4)cc4ccccc4c3c3c(o2)c(-c2ccccc2)cc2ccccc23)c(-c2ccccc2)cc2ccccc12. The van der Waals surface area contributed by atoms with Crippen LogP contribution in [-0.2, 0) is 0 Å². The van der Waals surface area contributed by atoms with Crippen molar-refractivity contribution in [2.75, 3.05) is 4.86 Å². The lowest BCUT2D eigenvalue weighted by Crippen LogP contribution is -1.96. The van der Waals surface area contributed by atoms with E-state index in [9.17, 15) is 5.11 Å². The second kappa shape index (κ2) is 18.1. The summed E-state index contributed by atoms with van der Waals surface area (Å²) in [7, 11) is -2.29. The van der Waals surface area contributed by atoms with E-state index >= 15 is 0 Å². The van der Waals surface area contributed by atoms with Crippen LogP contribution in [0, 0.1) is 0 Å². The molecule has 0 fully saturated rings. The molecule has 13 aromatic rings. The smallest absolute Gasteiger partial charge is 0.313 e. The van der Waals surface area contributed by atoms with Gasteiger partial charge in [-0.25, -0.2) is 0 Å². The van der Waals surface area contributed by atoms with Crippen molar-refractivity contribution < 1.29 is 18.0 Å². The third kappa shape index (κ3) is 7.60. The standard InChI is InChI=1S/C64H43NO4P2/c66-61-53(41-21-5-1-6-22-41)37-45-29-13-17-33-49(45)57(61)58-50-34-18-14-30-46(50)38-54(42-23-7-2-8-24-42)62(58)67-70-65-71-68-63-55(43-25-9-3-10-26-43)39-47-31-15-19-35-51(47)59(63)60-52-36-20-16-32-48(52)40-56(64(60)69-71)44-27-11-4-12-28-44/h1-40,65-66,70H. The van der Waals surface area contributed by atoms with Gasteiger partial charge in [-0.3, -0.25) is 0 Å². The summed E-state index contributed by atoms with van der Waals surface area (Å²) in [6.07, 6.45) is 0. The maximum Gasteiger partial charge on any atom is 0.313 e. The Kier molecular flexibility index (Phi) is 10.9. The molecule has 1 unspecified atom stereocenters. The molecule has 338 valence electrons. The number of phenolic OH excluding ortho intramolecular Hbond substituents is 1. The minimum atomic E-state index is -1.94. The minimum Gasteiger partial charge on any atom is -0.507 e.